The summed E-state index contributed by atoms with van der Waals surface area (Å²) in [4.78, 5) is 8.52. The first kappa shape index (κ1) is 13.7. The lowest BCUT2D eigenvalue weighted by molar-refractivity contribution is 0.492. The molecule has 2 unspecified atom stereocenters. The minimum absolute atomic E-state index is 0.304. The highest BCUT2D eigenvalue weighted by molar-refractivity contribution is 7.12. The Kier molecular flexibility index (Phi) is 4.20. The van der Waals surface area contributed by atoms with Crippen LogP contribution in [0.4, 0.5) is 0 Å². The molecular formula is C14H20N2S2. The summed E-state index contributed by atoms with van der Waals surface area (Å²) in [5, 5.41) is 4.80. The number of thiophene rings is 1. The van der Waals surface area contributed by atoms with Gasteiger partial charge in [-0.3, -0.25) is 0 Å². The highest BCUT2D eigenvalue weighted by Crippen LogP contribution is 2.28. The van der Waals surface area contributed by atoms with Gasteiger partial charge in [-0.25, -0.2) is 4.98 Å². The number of aromatic nitrogens is 1. The minimum Gasteiger partial charge on any atom is -0.301 e. The zero-order chi connectivity index (χ0) is 13.3. The molecule has 0 aliphatic carbocycles. The summed E-state index contributed by atoms with van der Waals surface area (Å²) in [7, 11) is 0. The Bertz CT molecular complexity index is 528. The lowest BCUT2D eigenvalue weighted by Gasteiger charge is -2.18. The molecule has 1 N–H and O–H groups in total. The van der Waals surface area contributed by atoms with Crippen LogP contribution in [0.1, 0.15) is 51.1 Å². The lowest BCUT2D eigenvalue weighted by Crippen LogP contribution is -2.22. The molecule has 4 heteroatoms. The molecule has 0 aromatic carbocycles. The summed E-state index contributed by atoms with van der Waals surface area (Å²) in [5.41, 5.74) is 1.41. The SMILES string of the molecule is Cc1cnc(C(C)NC(C)c2cc(C)sc2C)s1. The standard InChI is InChI=1S/C14H20N2S2/c1-8-6-13(12(5)17-8)10(3)16-11(4)14-15-7-9(2)18-14/h6-7,10-11,16H,1-5H3. The molecular weight excluding hydrogens is 260 g/mol. The molecule has 2 aromatic rings. The second-order valence-electron chi connectivity index (χ2n) is 4.79. The van der Waals surface area contributed by atoms with Gasteiger partial charge in [-0.15, -0.1) is 22.7 Å². The summed E-state index contributed by atoms with van der Waals surface area (Å²) in [6.07, 6.45) is 1.95. The van der Waals surface area contributed by atoms with Gasteiger partial charge in [-0.05, 0) is 46.2 Å². The topological polar surface area (TPSA) is 24.9 Å². The summed E-state index contributed by atoms with van der Waals surface area (Å²) in [6.45, 7) is 10.9. The highest BCUT2D eigenvalue weighted by atomic mass is 32.1. The molecule has 2 atom stereocenters. The zero-order valence-corrected chi connectivity index (χ0v) is 13.2. The first-order chi connectivity index (χ1) is 8.47. The quantitative estimate of drug-likeness (QED) is 0.889. The largest absolute Gasteiger partial charge is 0.301 e. The van der Waals surface area contributed by atoms with Gasteiger partial charge in [0.25, 0.3) is 0 Å². The molecule has 2 heterocycles. The fourth-order valence-electron chi connectivity index (χ4n) is 2.19. The van der Waals surface area contributed by atoms with Gasteiger partial charge in [0.2, 0.25) is 0 Å². The minimum atomic E-state index is 0.304. The maximum absolute atomic E-state index is 4.45. The summed E-state index contributed by atoms with van der Waals surface area (Å²) in [6, 6.07) is 2.96. The first-order valence-corrected chi connectivity index (χ1v) is 7.86. The van der Waals surface area contributed by atoms with E-state index < -0.39 is 0 Å². The van der Waals surface area contributed by atoms with E-state index in [0.29, 0.717) is 12.1 Å². The van der Waals surface area contributed by atoms with Crippen LogP contribution in [0.15, 0.2) is 12.3 Å². The Morgan fingerprint density at radius 3 is 2.28 bits per heavy atom. The summed E-state index contributed by atoms with van der Waals surface area (Å²) >= 11 is 3.64. The van der Waals surface area contributed by atoms with Crippen molar-refractivity contribution in [3.8, 4) is 0 Å². The molecule has 2 nitrogen and oxygen atoms in total. The van der Waals surface area contributed by atoms with E-state index in [4.69, 9.17) is 0 Å². The molecule has 0 bridgehead atoms. The van der Waals surface area contributed by atoms with E-state index in [-0.39, 0.29) is 0 Å². The van der Waals surface area contributed by atoms with Crippen LogP contribution in [0.5, 0.6) is 0 Å². The predicted octanol–water partition coefficient (Wildman–Crippen LogP) is 4.54. The third-order valence-corrected chi connectivity index (χ3v) is 5.13. The lowest BCUT2D eigenvalue weighted by atomic mass is 10.1. The molecule has 2 aromatic heterocycles. The maximum atomic E-state index is 4.45. The van der Waals surface area contributed by atoms with Crippen LogP contribution in [-0.2, 0) is 0 Å². The van der Waals surface area contributed by atoms with Crippen LogP contribution in [0.2, 0.25) is 0 Å². The monoisotopic (exact) mass is 280 g/mol. The van der Waals surface area contributed by atoms with Crippen LogP contribution in [0.3, 0.4) is 0 Å². The van der Waals surface area contributed by atoms with Gasteiger partial charge >= 0.3 is 0 Å². The molecule has 0 saturated carbocycles. The van der Waals surface area contributed by atoms with Crippen LogP contribution < -0.4 is 5.32 Å². The van der Waals surface area contributed by atoms with Crippen LogP contribution in [0, 0.1) is 20.8 Å². The first-order valence-electron chi connectivity index (χ1n) is 6.22. The Hall–Kier alpha value is -0.710. The number of aryl methyl sites for hydroxylation is 3. The normalized spacial score (nSPS) is 14.7. The van der Waals surface area contributed by atoms with Crippen molar-refractivity contribution in [2.24, 2.45) is 0 Å². The van der Waals surface area contributed by atoms with E-state index in [1.54, 1.807) is 11.3 Å². The van der Waals surface area contributed by atoms with E-state index >= 15 is 0 Å². The van der Waals surface area contributed by atoms with Crippen molar-refractivity contribution < 1.29 is 0 Å². The summed E-state index contributed by atoms with van der Waals surface area (Å²) in [5.74, 6) is 0. The number of hydrogen-bond donors (Lipinski definition) is 1. The second kappa shape index (κ2) is 5.51. The number of rotatable bonds is 4. The number of nitrogens with one attached hydrogen (secondary N) is 1. The fraction of sp³-hybridized carbons (Fsp3) is 0.500. The highest BCUT2D eigenvalue weighted by Gasteiger charge is 2.16. The van der Waals surface area contributed by atoms with Gasteiger partial charge in [-0.1, -0.05) is 0 Å². The predicted molar refractivity (Wildman–Crippen MR) is 80.6 cm³/mol. The molecule has 0 aliphatic heterocycles. The van der Waals surface area contributed by atoms with Gasteiger partial charge in [-0.2, -0.15) is 0 Å². The zero-order valence-electron chi connectivity index (χ0n) is 11.6. The van der Waals surface area contributed by atoms with Crippen LogP contribution in [-0.4, -0.2) is 4.98 Å². The smallest absolute Gasteiger partial charge is 0.109 e. The molecule has 0 aliphatic rings. The number of hydrogen-bond acceptors (Lipinski definition) is 4. The van der Waals surface area contributed by atoms with Crippen LogP contribution >= 0.6 is 22.7 Å². The van der Waals surface area contributed by atoms with E-state index in [0.717, 1.165) is 0 Å². The van der Waals surface area contributed by atoms with E-state index in [1.165, 1.54) is 25.2 Å². The Labute approximate surface area is 117 Å². The molecule has 0 spiro atoms. The third kappa shape index (κ3) is 2.99. The molecule has 98 valence electrons. The molecule has 0 saturated heterocycles. The van der Waals surface area contributed by atoms with E-state index in [9.17, 15) is 0 Å². The van der Waals surface area contributed by atoms with Gasteiger partial charge in [0.1, 0.15) is 5.01 Å². The number of nitrogens with zero attached hydrogens (tertiary/aromatic N) is 1. The van der Waals surface area contributed by atoms with Crippen molar-refractivity contribution in [1.82, 2.24) is 10.3 Å². The van der Waals surface area contributed by atoms with Gasteiger partial charge in [0, 0.05) is 26.9 Å². The average Bonchev–Trinajstić information content (AvgIpc) is 2.84. The van der Waals surface area contributed by atoms with Crippen LogP contribution in [0.25, 0.3) is 0 Å². The summed E-state index contributed by atoms with van der Waals surface area (Å²) < 4.78 is 0. The van der Waals surface area contributed by atoms with E-state index in [2.05, 4.69) is 51.0 Å². The maximum Gasteiger partial charge on any atom is 0.109 e. The Morgan fingerprint density at radius 1 is 1.06 bits per heavy atom. The van der Waals surface area contributed by atoms with E-state index in [1.807, 2.05) is 17.5 Å². The van der Waals surface area contributed by atoms with Gasteiger partial charge in [0.15, 0.2) is 0 Å². The molecule has 0 radical (unpaired) electrons. The second-order valence-corrected chi connectivity index (χ2v) is 7.51. The van der Waals surface area contributed by atoms with Crippen molar-refractivity contribution in [3.63, 3.8) is 0 Å². The van der Waals surface area contributed by atoms with Crippen molar-refractivity contribution >= 4 is 22.7 Å². The van der Waals surface area contributed by atoms with Gasteiger partial charge < -0.3 is 5.32 Å². The molecule has 2 rings (SSSR count). The average molecular weight is 280 g/mol. The third-order valence-electron chi connectivity index (χ3n) is 3.06. The Morgan fingerprint density at radius 2 is 1.78 bits per heavy atom. The number of thiazole rings is 1. The van der Waals surface area contributed by atoms with Crippen molar-refractivity contribution in [3.05, 3.63) is 37.5 Å². The molecule has 18 heavy (non-hydrogen) atoms. The molecule has 0 amide bonds. The van der Waals surface area contributed by atoms with Crippen molar-refractivity contribution in [2.45, 2.75) is 46.7 Å². The fourth-order valence-corrected chi connectivity index (χ4v) is 4.00. The Balaban J connectivity index is 2.07. The van der Waals surface area contributed by atoms with Crippen molar-refractivity contribution in [2.75, 3.05) is 0 Å². The van der Waals surface area contributed by atoms with Crippen molar-refractivity contribution in [1.29, 1.82) is 0 Å². The molecule has 0 fully saturated rings. The van der Waals surface area contributed by atoms with Gasteiger partial charge in [0.05, 0.1) is 6.04 Å².